The third-order valence-corrected chi connectivity index (χ3v) is 5.41. The average Bonchev–Trinajstić information content (AvgIpc) is 2.70. The summed E-state index contributed by atoms with van der Waals surface area (Å²) in [4.78, 5) is 11.3. The minimum atomic E-state index is 0.497. The molecule has 2 fully saturated rings. The topological polar surface area (TPSA) is 53.1 Å². The van der Waals surface area contributed by atoms with Crippen molar-refractivity contribution in [3.05, 3.63) is 48.4 Å². The number of anilines is 2. The molecule has 2 N–H and O–H groups in total. The third kappa shape index (κ3) is 4.10. The van der Waals surface area contributed by atoms with E-state index in [9.17, 15) is 0 Å². The lowest BCUT2D eigenvalue weighted by Crippen LogP contribution is -2.43. The van der Waals surface area contributed by atoms with E-state index in [2.05, 4.69) is 43.7 Å². The minimum absolute atomic E-state index is 0.497. The van der Waals surface area contributed by atoms with Gasteiger partial charge in [0.15, 0.2) is 0 Å². The summed E-state index contributed by atoms with van der Waals surface area (Å²) in [6.07, 6.45) is 10.8. The standard InChI is InChI=1S/C20H27N5/c1-3-16(17-4-2-8-22-14-17)13-18(5-1)24-20-7-6-19(15-23-20)25-11-9-21-10-12-25/h2,4,6-8,14-16,18,21H,1,3,5,9-13H2,(H,23,24). The highest BCUT2D eigenvalue weighted by Gasteiger charge is 2.23. The molecule has 1 aliphatic carbocycles. The van der Waals surface area contributed by atoms with Crippen LogP contribution in [0.2, 0.25) is 0 Å². The van der Waals surface area contributed by atoms with Gasteiger partial charge in [-0.3, -0.25) is 4.98 Å². The fraction of sp³-hybridized carbons (Fsp3) is 0.500. The second-order valence-corrected chi connectivity index (χ2v) is 7.13. The molecule has 2 atom stereocenters. The normalized spacial score (nSPS) is 24.1. The predicted molar refractivity (Wildman–Crippen MR) is 102 cm³/mol. The summed E-state index contributed by atoms with van der Waals surface area (Å²) >= 11 is 0. The van der Waals surface area contributed by atoms with Crippen LogP contribution in [0.4, 0.5) is 11.5 Å². The molecule has 0 aromatic carbocycles. The Bertz CT molecular complexity index is 652. The van der Waals surface area contributed by atoms with Gasteiger partial charge in [0.1, 0.15) is 5.82 Å². The zero-order valence-corrected chi connectivity index (χ0v) is 14.7. The molecule has 0 amide bonds. The van der Waals surface area contributed by atoms with Gasteiger partial charge >= 0.3 is 0 Å². The lowest BCUT2D eigenvalue weighted by molar-refractivity contribution is 0.409. The number of pyridine rings is 2. The molecule has 2 aromatic rings. The van der Waals surface area contributed by atoms with Crippen LogP contribution in [0.3, 0.4) is 0 Å². The van der Waals surface area contributed by atoms with Crippen LogP contribution < -0.4 is 15.5 Å². The van der Waals surface area contributed by atoms with Crippen molar-refractivity contribution in [2.24, 2.45) is 0 Å². The Morgan fingerprint density at radius 2 is 2.00 bits per heavy atom. The highest BCUT2D eigenvalue weighted by molar-refractivity contribution is 5.50. The van der Waals surface area contributed by atoms with E-state index >= 15 is 0 Å². The zero-order valence-electron chi connectivity index (χ0n) is 14.7. The Labute approximate surface area is 149 Å². The largest absolute Gasteiger partial charge is 0.368 e. The van der Waals surface area contributed by atoms with Gasteiger partial charge in [-0.05, 0) is 48.9 Å². The van der Waals surface area contributed by atoms with E-state index in [1.54, 1.807) is 0 Å². The van der Waals surface area contributed by atoms with Crippen LogP contribution in [0.5, 0.6) is 0 Å². The van der Waals surface area contributed by atoms with Crippen LogP contribution in [0.25, 0.3) is 0 Å². The maximum atomic E-state index is 4.66. The van der Waals surface area contributed by atoms with Gasteiger partial charge in [0.2, 0.25) is 0 Å². The van der Waals surface area contributed by atoms with Crippen molar-refractivity contribution in [2.45, 2.75) is 37.6 Å². The fourth-order valence-corrected chi connectivity index (χ4v) is 4.03. The maximum absolute atomic E-state index is 4.66. The molecule has 2 aliphatic rings. The van der Waals surface area contributed by atoms with Crippen LogP contribution in [-0.2, 0) is 0 Å². The van der Waals surface area contributed by atoms with Crippen molar-refractivity contribution in [3.63, 3.8) is 0 Å². The Morgan fingerprint density at radius 3 is 2.76 bits per heavy atom. The first-order valence-corrected chi connectivity index (χ1v) is 9.47. The van der Waals surface area contributed by atoms with Crippen molar-refractivity contribution < 1.29 is 0 Å². The van der Waals surface area contributed by atoms with Crippen LogP contribution in [0, 0.1) is 0 Å². The highest BCUT2D eigenvalue weighted by atomic mass is 15.2. The van der Waals surface area contributed by atoms with E-state index in [1.165, 1.54) is 30.5 Å². The first kappa shape index (κ1) is 16.3. The minimum Gasteiger partial charge on any atom is -0.368 e. The van der Waals surface area contributed by atoms with Crippen molar-refractivity contribution in [1.82, 2.24) is 15.3 Å². The molecule has 0 radical (unpaired) electrons. The fourth-order valence-electron chi connectivity index (χ4n) is 4.03. The van der Waals surface area contributed by atoms with Crippen molar-refractivity contribution in [1.29, 1.82) is 0 Å². The van der Waals surface area contributed by atoms with Gasteiger partial charge in [-0.1, -0.05) is 12.5 Å². The summed E-state index contributed by atoms with van der Waals surface area (Å²) in [6.45, 7) is 4.23. The molecule has 4 rings (SSSR count). The molecule has 0 spiro atoms. The highest BCUT2D eigenvalue weighted by Crippen LogP contribution is 2.33. The lowest BCUT2D eigenvalue weighted by atomic mass is 9.82. The SMILES string of the molecule is c1cncc(C2CCCC(Nc3ccc(N4CCNCC4)cn3)C2)c1. The predicted octanol–water partition coefficient (Wildman–Crippen LogP) is 3.02. The molecule has 25 heavy (non-hydrogen) atoms. The van der Waals surface area contributed by atoms with Crippen LogP contribution in [-0.4, -0.2) is 42.2 Å². The third-order valence-electron chi connectivity index (χ3n) is 5.41. The average molecular weight is 337 g/mol. The van der Waals surface area contributed by atoms with E-state index in [0.717, 1.165) is 38.4 Å². The van der Waals surface area contributed by atoms with Gasteiger partial charge in [0.05, 0.1) is 11.9 Å². The van der Waals surface area contributed by atoms with E-state index in [4.69, 9.17) is 0 Å². The smallest absolute Gasteiger partial charge is 0.126 e. The molecule has 5 heteroatoms. The van der Waals surface area contributed by atoms with Gasteiger partial charge in [-0.25, -0.2) is 4.98 Å². The van der Waals surface area contributed by atoms with Crippen molar-refractivity contribution >= 4 is 11.5 Å². The van der Waals surface area contributed by atoms with E-state index in [0.29, 0.717) is 12.0 Å². The number of aromatic nitrogens is 2. The number of rotatable bonds is 4. The molecule has 2 aromatic heterocycles. The van der Waals surface area contributed by atoms with Crippen molar-refractivity contribution in [3.8, 4) is 0 Å². The Kier molecular flexibility index (Phi) is 5.11. The van der Waals surface area contributed by atoms with E-state index in [-0.39, 0.29) is 0 Å². The molecular formula is C20H27N5. The van der Waals surface area contributed by atoms with Crippen LogP contribution in [0.1, 0.15) is 37.2 Å². The summed E-state index contributed by atoms with van der Waals surface area (Å²) in [5.74, 6) is 1.61. The second-order valence-electron chi connectivity index (χ2n) is 7.13. The molecule has 1 aliphatic heterocycles. The van der Waals surface area contributed by atoms with Gasteiger partial charge in [-0.2, -0.15) is 0 Å². The number of nitrogens with one attached hydrogen (secondary N) is 2. The van der Waals surface area contributed by atoms with E-state index < -0.39 is 0 Å². The monoisotopic (exact) mass is 337 g/mol. The quantitative estimate of drug-likeness (QED) is 0.898. The molecule has 3 heterocycles. The van der Waals surface area contributed by atoms with Gasteiger partial charge in [0, 0.05) is 44.6 Å². The number of hydrogen-bond donors (Lipinski definition) is 2. The van der Waals surface area contributed by atoms with Gasteiger partial charge in [-0.15, -0.1) is 0 Å². The van der Waals surface area contributed by atoms with Gasteiger partial charge < -0.3 is 15.5 Å². The van der Waals surface area contributed by atoms with Gasteiger partial charge in [0.25, 0.3) is 0 Å². The summed E-state index contributed by atoms with van der Waals surface area (Å²) in [5.41, 5.74) is 2.60. The first-order valence-electron chi connectivity index (χ1n) is 9.47. The van der Waals surface area contributed by atoms with Crippen LogP contribution >= 0.6 is 0 Å². The summed E-state index contributed by atoms with van der Waals surface area (Å²) in [5, 5.41) is 7.04. The molecule has 1 saturated carbocycles. The summed E-state index contributed by atoms with van der Waals surface area (Å²) in [7, 11) is 0. The van der Waals surface area contributed by atoms with E-state index in [1.807, 2.05) is 24.7 Å². The number of nitrogens with zero attached hydrogens (tertiary/aromatic N) is 3. The number of hydrogen-bond acceptors (Lipinski definition) is 5. The molecule has 0 bridgehead atoms. The molecule has 132 valence electrons. The molecule has 1 saturated heterocycles. The van der Waals surface area contributed by atoms with Crippen LogP contribution in [0.15, 0.2) is 42.9 Å². The number of piperazine rings is 1. The Balaban J connectivity index is 1.36. The maximum Gasteiger partial charge on any atom is 0.126 e. The summed E-state index contributed by atoms with van der Waals surface area (Å²) < 4.78 is 0. The molecule has 5 nitrogen and oxygen atoms in total. The Morgan fingerprint density at radius 1 is 1.08 bits per heavy atom. The molecular weight excluding hydrogens is 310 g/mol. The summed E-state index contributed by atoms with van der Waals surface area (Å²) in [6, 6.07) is 9.08. The lowest BCUT2D eigenvalue weighted by Gasteiger charge is -2.31. The van der Waals surface area contributed by atoms with Crippen molar-refractivity contribution in [2.75, 3.05) is 36.4 Å². The first-order chi connectivity index (χ1) is 12.4. The molecule has 2 unspecified atom stereocenters. The Hall–Kier alpha value is -2.14. The zero-order chi connectivity index (χ0) is 16.9. The second kappa shape index (κ2) is 7.83.